The maximum Gasteiger partial charge on any atom is 0.283 e. The molecule has 0 radical (unpaired) electrons. The Morgan fingerprint density at radius 1 is 1.58 bits per heavy atom. The molecule has 0 fully saturated rings. The lowest BCUT2D eigenvalue weighted by Crippen LogP contribution is -2.15. The van der Waals surface area contributed by atoms with Crippen molar-refractivity contribution in [3.8, 4) is 0 Å². The first-order valence-electron chi connectivity index (χ1n) is 3.37. The predicted octanol–water partition coefficient (Wildman–Crippen LogP) is 1.84. The van der Waals surface area contributed by atoms with Gasteiger partial charge in [0.25, 0.3) is 6.43 Å². The highest BCUT2D eigenvalue weighted by Crippen LogP contribution is 2.23. The van der Waals surface area contributed by atoms with Gasteiger partial charge in [0.2, 0.25) is 5.89 Å². The number of oxazole rings is 1. The van der Waals surface area contributed by atoms with Crippen LogP contribution in [0, 0.1) is 0 Å². The molecule has 0 aliphatic heterocycles. The molecule has 0 amide bonds. The SMILES string of the molecule is CC(C)(O)c1nc(C(F)F)co1. The Bertz CT molecular complexity index is 265. The average Bonchev–Trinajstić information content (AvgIpc) is 2.30. The van der Waals surface area contributed by atoms with E-state index in [0.717, 1.165) is 6.26 Å². The number of aromatic nitrogens is 1. The second-order valence-electron chi connectivity index (χ2n) is 2.94. The highest BCUT2D eigenvalue weighted by molar-refractivity contribution is 5.02. The summed E-state index contributed by atoms with van der Waals surface area (Å²) in [6, 6.07) is 0. The van der Waals surface area contributed by atoms with Crippen LogP contribution in [0.4, 0.5) is 8.78 Å². The molecule has 0 saturated heterocycles. The lowest BCUT2D eigenvalue weighted by Gasteiger charge is -2.10. The third-order valence-electron chi connectivity index (χ3n) is 1.27. The topological polar surface area (TPSA) is 46.3 Å². The van der Waals surface area contributed by atoms with Gasteiger partial charge in [0.1, 0.15) is 17.6 Å². The van der Waals surface area contributed by atoms with Gasteiger partial charge in [0, 0.05) is 0 Å². The lowest BCUT2D eigenvalue weighted by atomic mass is 10.1. The van der Waals surface area contributed by atoms with Crippen LogP contribution in [-0.4, -0.2) is 10.1 Å². The van der Waals surface area contributed by atoms with Crippen molar-refractivity contribution in [2.45, 2.75) is 25.9 Å². The number of alkyl halides is 2. The monoisotopic (exact) mass is 177 g/mol. The third-order valence-corrected chi connectivity index (χ3v) is 1.27. The van der Waals surface area contributed by atoms with Crippen molar-refractivity contribution in [3.63, 3.8) is 0 Å². The molecule has 1 aromatic heterocycles. The molecule has 3 nitrogen and oxygen atoms in total. The van der Waals surface area contributed by atoms with Gasteiger partial charge in [-0.05, 0) is 13.8 Å². The third kappa shape index (κ3) is 1.79. The number of nitrogens with zero attached hydrogens (tertiary/aromatic N) is 1. The van der Waals surface area contributed by atoms with Crippen LogP contribution in [-0.2, 0) is 5.60 Å². The molecule has 0 saturated carbocycles. The Hall–Kier alpha value is -0.970. The van der Waals surface area contributed by atoms with Crippen molar-refractivity contribution in [2.75, 3.05) is 0 Å². The van der Waals surface area contributed by atoms with Gasteiger partial charge in [-0.15, -0.1) is 0 Å². The van der Waals surface area contributed by atoms with Crippen LogP contribution < -0.4 is 0 Å². The Kier molecular flexibility index (Phi) is 2.14. The lowest BCUT2D eigenvalue weighted by molar-refractivity contribution is 0.0481. The average molecular weight is 177 g/mol. The largest absolute Gasteiger partial charge is 0.445 e. The highest BCUT2D eigenvalue weighted by Gasteiger charge is 2.24. The van der Waals surface area contributed by atoms with Crippen LogP contribution in [0.3, 0.4) is 0 Å². The summed E-state index contributed by atoms with van der Waals surface area (Å²) in [6.07, 6.45) is -1.82. The molecule has 0 aliphatic carbocycles. The van der Waals surface area contributed by atoms with E-state index in [4.69, 9.17) is 0 Å². The first-order valence-corrected chi connectivity index (χ1v) is 3.37. The van der Waals surface area contributed by atoms with Crippen LogP contribution >= 0.6 is 0 Å². The Morgan fingerprint density at radius 2 is 2.17 bits per heavy atom. The minimum absolute atomic E-state index is 0.0993. The van der Waals surface area contributed by atoms with E-state index in [9.17, 15) is 13.9 Å². The maximum absolute atomic E-state index is 12.0. The number of aliphatic hydroxyl groups is 1. The van der Waals surface area contributed by atoms with Crippen LogP contribution in [0.25, 0.3) is 0 Å². The smallest absolute Gasteiger partial charge is 0.283 e. The van der Waals surface area contributed by atoms with Crippen LogP contribution in [0.5, 0.6) is 0 Å². The van der Waals surface area contributed by atoms with E-state index in [-0.39, 0.29) is 5.89 Å². The van der Waals surface area contributed by atoms with E-state index in [1.807, 2.05) is 0 Å². The summed E-state index contributed by atoms with van der Waals surface area (Å²) in [5.41, 5.74) is -1.76. The summed E-state index contributed by atoms with van der Waals surface area (Å²) >= 11 is 0. The van der Waals surface area contributed by atoms with E-state index >= 15 is 0 Å². The zero-order chi connectivity index (χ0) is 9.35. The zero-order valence-corrected chi connectivity index (χ0v) is 6.71. The number of hydrogen-bond donors (Lipinski definition) is 1. The molecular formula is C7H9F2NO2. The molecule has 1 heterocycles. The molecule has 68 valence electrons. The number of hydrogen-bond acceptors (Lipinski definition) is 3. The molecule has 12 heavy (non-hydrogen) atoms. The first-order chi connectivity index (χ1) is 5.41. The molecule has 5 heteroatoms. The van der Waals surface area contributed by atoms with E-state index < -0.39 is 17.7 Å². The molecule has 1 N–H and O–H groups in total. The quantitative estimate of drug-likeness (QED) is 0.749. The second-order valence-corrected chi connectivity index (χ2v) is 2.94. The summed E-state index contributed by atoms with van der Waals surface area (Å²) in [7, 11) is 0. The fourth-order valence-electron chi connectivity index (χ4n) is 0.667. The van der Waals surface area contributed by atoms with E-state index in [0.29, 0.717) is 0 Å². The fraction of sp³-hybridized carbons (Fsp3) is 0.571. The van der Waals surface area contributed by atoms with E-state index in [2.05, 4.69) is 9.40 Å². The summed E-state index contributed by atoms with van der Waals surface area (Å²) in [5.74, 6) is -0.0993. The van der Waals surface area contributed by atoms with Crippen LogP contribution in [0.2, 0.25) is 0 Å². The minimum Gasteiger partial charge on any atom is -0.445 e. The van der Waals surface area contributed by atoms with Crippen molar-refractivity contribution in [1.82, 2.24) is 4.98 Å². The zero-order valence-electron chi connectivity index (χ0n) is 6.71. The van der Waals surface area contributed by atoms with Gasteiger partial charge in [-0.3, -0.25) is 0 Å². The first kappa shape index (κ1) is 9.12. The normalized spacial score (nSPS) is 12.5. The van der Waals surface area contributed by atoms with Crippen molar-refractivity contribution < 1.29 is 18.3 Å². The van der Waals surface area contributed by atoms with Crippen molar-refractivity contribution in [2.24, 2.45) is 0 Å². The molecule has 0 atom stereocenters. The van der Waals surface area contributed by atoms with Gasteiger partial charge >= 0.3 is 0 Å². The Labute approximate surface area is 68.0 Å². The summed E-state index contributed by atoms with van der Waals surface area (Å²) in [4.78, 5) is 3.41. The summed E-state index contributed by atoms with van der Waals surface area (Å²) in [6.45, 7) is 2.82. The van der Waals surface area contributed by atoms with Crippen molar-refractivity contribution >= 4 is 0 Å². The fourth-order valence-corrected chi connectivity index (χ4v) is 0.667. The predicted molar refractivity (Wildman–Crippen MR) is 36.7 cm³/mol. The van der Waals surface area contributed by atoms with Gasteiger partial charge in [0.05, 0.1) is 0 Å². The molecule has 0 unspecified atom stereocenters. The molecule has 0 aliphatic rings. The van der Waals surface area contributed by atoms with Gasteiger partial charge < -0.3 is 9.52 Å². The molecule has 1 rings (SSSR count). The van der Waals surface area contributed by atoms with Gasteiger partial charge in [-0.2, -0.15) is 0 Å². The van der Waals surface area contributed by atoms with Crippen molar-refractivity contribution in [1.29, 1.82) is 0 Å². The van der Waals surface area contributed by atoms with Crippen LogP contribution in [0.15, 0.2) is 10.7 Å². The Morgan fingerprint density at radius 3 is 2.42 bits per heavy atom. The van der Waals surface area contributed by atoms with E-state index in [1.165, 1.54) is 13.8 Å². The maximum atomic E-state index is 12.0. The molecule has 0 aromatic carbocycles. The Balaban J connectivity index is 2.92. The highest BCUT2D eigenvalue weighted by atomic mass is 19.3. The minimum atomic E-state index is -2.66. The molecule has 0 bridgehead atoms. The standard InChI is InChI=1S/C7H9F2NO2/c1-7(2,11)6-10-4(3-12-6)5(8)9/h3,5,11H,1-2H3. The molecular weight excluding hydrogens is 168 g/mol. The number of halogens is 2. The molecule has 0 spiro atoms. The second kappa shape index (κ2) is 2.82. The summed E-state index contributed by atoms with van der Waals surface area (Å²) < 4.78 is 28.6. The van der Waals surface area contributed by atoms with Gasteiger partial charge in [-0.1, -0.05) is 0 Å². The van der Waals surface area contributed by atoms with E-state index in [1.54, 1.807) is 0 Å². The van der Waals surface area contributed by atoms with Crippen molar-refractivity contribution in [3.05, 3.63) is 17.8 Å². The van der Waals surface area contributed by atoms with Gasteiger partial charge in [0.15, 0.2) is 0 Å². The van der Waals surface area contributed by atoms with Crippen LogP contribution in [0.1, 0.15) is 31.9 Å². The molecule has 1 aromatic rings. The van der Waals surface area contributed by atoms with Gasteiger partial charge in [-0.25, -0.2) is 13.8 Å². The number of rotatable bonds is 2. The summed E-state index contributed by atoms with van der Waals surface area (Å²) in [5, 5.41) is 9.28.